The number of carbonyl (C=O) groups excluding carboxylic acids is 2. The molecule has 10 nitrogen and oxygen atoms in total. The number of rotatable bonds is 4. The van der Waals surface area contributed by atoms with Crippen molar-refractivity contribution in [2.75, 3.05) is 6.61 Å². The first-order valence-electron chi connectivity index (χ1n) is 14.5. The van der Waals surface area contributed by atoms with Crippen molar-refractivity contribution in [2.24, 2.45) is 34.5 Å². The van der Waals surface area contributed by atoms with Crippen LogP contribution in [-0.4, -0.2) is 92.9 Å². The highest BCUT2D eigenvalue weighted by Gasteiger charge is 2.71. The van der Waals surface area contributed by atoms with Crippen LogP contribution in [0.15, 0.2) is 11.6 Å². The van der Waals surface area contributed by atoms with Crippen LogP contribution in [0.3, 0.4) is 0 Å². The molecule has 1 saturated heterocycles. The number of hydrogen-bond donors (Lipinski definition) is 5. The van der Waals surface area contributed by atoms with Crippen LogP contribution in [0.5, 0.6) is 0 Å². The zero-order chi connectivity index (χ0) is 27.9. The normalized spacial score (nSPS) is 55.2. The predicted octanol–water partition coefficient (Wildman–Crippen LogP) is 0.606. The van der Waals surface area contributed by atoms with Gasteiger partial charge in [-0.1, -0.05) is 6.92 Å². The predicted molar refractivity (Wildman–Crippen MR) is 135 cm³/mol. The van der Waals surface area contributed by atoms with Gasteiger partial charge in [-0.2, -0.15) is 0 Å². The van der Waals surface area contributed by atoms with Crippen molar-refractivity contribution in [3.63, 3.8) is 0 Å². The first kappa shape index (κ1) is 27.8. The second-order valence-electron chi connectivity index (χ2n) is 13.4. The van der Waals surface area contributed by atoms with Gasteiger partial charge in [0.15, 0.2) is 6.29 Å². The van der Waals surface area contributed by atoms with Crippen molar-refractivity contribution in [3.8, 4) is 0 Å². The lowest BCUT2D eigenvalue weighted by Crippen LogP contribution is -2.67. The molecule has 0 amide bonds. The third kappa shape index (κ3) is 3.93. The van der Waals surface area contributed by atoms with Crippen LogP contribution >= 0.6 is 0 Å². The Hall–Kier alpha value is -1.40. The van der Waals surface area contributed by atoms with Crippen molar-refractivity contribution in [1.82, 2.24) is 0 Å². The van der Waals surface area contributed by atoms with Gasteiger partial charge in [0, 0.05) is 22.8 Å². The standard InChI is InChI=1S/C29H42O10/c1-14-23(33)24(34)25(35)26(38-14)39-17-5-7-28(13-30)16(10-17)3-4-19-22(28)20(31)11-27(2)18(6-8-29(19,27)36)15-9-21(32)37-12-15/h9,13-14,16-20,22-26,31,33-36H,3-8,10-12H2,1-2H3/t14-,16-,17+,18-,19?,20-,22?,23+,24-,25-,26+,27-,28-,29+/m1/s1. The highest BCUT2D eigenvalue weighted by atomic mass is 16.7. The maximum absolute atomic E-state index is 13.0. The Morgan fingerprint density at radius 1 is 1.05 bits per heavy atom. The maximum atomic E-state index is 13.0. The molecule has 6 rings (SSSR count). The minimum atomic E-state index is -1.39. The van der Waals surface area contributed by atoms with E-state index >= 15 is 0 Å². The molecule has 14 atom stereocenters. The van der Waals surface area contributed by atoms with Crippen molar-refractivity contribution < 1.29 is 49.3 Å². The number of aliphatic hydroxyl groups excluding tert-OH is 4. The minimum absolute atomic E-state index is 0.0585. The van der Waals surface area contributed by atoms with Crippen LogP contribution in [0.4, 0.5) is 0 Å². The molecule has 6 aliphatic rings. The van der Waals surface area contributed by atoms with E-state index in [1.807, 2.05) is 6.92 Å². The molecule has 5 fully saturated rings. The summed E-state index contributed by atoms with van der Waals surface area (Å²) in [4.78, 5) is 24.7. The second kappa shape index (κ2) is 9.58. The van der Waals surface area contributed by atoms with Gasteiger partial charge in [0.2, 0.25) is 0 Å². The Labute approximate surface area is 228 Å². The van der Waals surface area contributed by atoms with Gasteiger partial charge in [-0.05, 0) is 81.6 Å². The molecule has 10 heteroatoms. The molecule has 0 aromatic carbocycles. The van der Waals surface area contributed by atoms with Crippen LogP contribution in [0.2, 0.25) is 0 Å². The third-order valence-electron chi connectivity index (χ3n) is 11.8. The SMILES string of the molecule is C[C@H]1O[C@@H](O[C@H]2CC[C@]3(C=O)C4C(CC[C@@H]3C2)[C@@]2(O)CC[C@H](C3=CC(=O)OC3)[C@@]2(C)C[C@H]4O)[C@H](O)[C@H](O)[C@H]1O. The summed E-state index contributed by atoms with van der Waals surface area (Å²) >= 11 is 0. The van der Waals surface area contributed by atoms with Crippen LogP contribution < -0.4 is 0 Å². The molecule has 0 radical (unpaired) electrons. The molecular weight excluding hydrogens is 508 g/mol. The molecule has 0 spiro atoms. The van der Waals surface area contributed by atoms with Crippen LogP contribution in [0.1, 0.15) is 65.2 Å². The molecule has 2 unspecified atom stereocenters. The highest BCUT2D eigenvalue weighted by Crippen LogP contribution is 2.69. The van der Waals surface area contributed by atoms with E-state index in [0.29, 0.717) is 51.4 Å². The van der Waals surface area contributed by atoms with E-state index in [2.05, 4.69) is 0 Å². The number of ether oxygens (including phenoxy) is 3. The quantitative estimate of drug-likeness (QED) is 0.190. The van der Waals surface area contributed by atoms with Crippen molar-refractivity contribution in [3.05, 3.63) is 11.6 Å². The summed E-state index contributed by atoms with van der Waals surface area (Å²) in [6.45, 7) is 3.87. The van der Waals surface area contributed by atoms with E-state index < -0.39 is 53.2 Å². The lowest BCUT2D eigenvalue weighted by molar-refractivity contribution is -0.310. The number of aldehydes is 1. The van der Waals surface area contributed by atoms with Crippen molar-refractivity contribution in [1.29, 1.82) is 0 Å². The summed E-state index contributed by atoms with van der Waals surface area (Å²) in [6, 6.07) is 0. The Morgan fingerprint density at radius 3 is 2.51 bits per heavy atom. The van der Waals surface area contributed by atoms with Gasteiger partial charge in [0.25, 0.3) is 0 Å². The van der Waals surface area contributed by atoms with Crippen LogP contribution in [-0.2, 0) is 23.8 Å². The van der Waals surface area contributed by atoms with Gasteiger partial charge in [-0.25, -0.2) is 4.79 Å². The molecule has 4 aliphatic carbocycles. The van der Waals surface area contributed by atoms with E-state index in [-0.39, 0.29) is 42.4 Å². The third-order valence-corrected chi connectivity index (χ3v) is 11.8. The largest absolute Gasteiger partial charge is 0.458 e. The van der Waals surface area contributed by atoms with Gasteiger partial charge in [-0.15, -0.1) is 0 Å². The van der Waals surface area contributed by atoms with E-state index in [4.69, 9.17) is 14.2 Å². The number of aliphatic hydroxyl groups is 5. The first-order valence-corrected chi connectivity index (χ1v) is 14.5. The fourth-order valence-electron chi connectivity index (χ4n) is 9.81. The molecule has 4 saturated carbocycles. The molecule has 0 aromatic heterocycles. The Kier molecular flexibility index (Phi) is 6.81. The minimum Gasteiger partial charge on any atom is -0.458 e. The second-order valence-corrected chi connectivity index (χ2v) is 13.4. The van der Waals surface area contributed by atoms with Gasteiger partial charge in [-0.3, -0.25) is 0 Å². The fourth-order valence-corrected chi connectivity index (χ4v) is 9.81. The Morgan fingerprint density at radius 2 is 1.82 bits per heavy atom. The van der Waals surface area contributed by atoms with E-state index in [9.17, 15) is 35.1 Å². The average molecular weight is 551 g/mol. The topological polar surface area (TPSA) is 163 Å². The van der Waals surface area contributed by atoms with Crippen LogP contribution in [0, 0.1) is 34.5 Å². The molecule has 5 N–H and O–H groups in total. The highest BCUT2D eigenvalue weighted by molar-refractivity contribution is 5.85. The lowest BCUT2D eigenvalue weighted by atomic mass is 9.42. The van der Waals surface area contributed by atoms with E-state index in [0.717, 1.165) is 11.9 Å². The zero-order valence-electron chi connectivity index (χ0n) is 22.6. The Balaban J connectivity index is 1.22. The molecule has 2 aliphatic heterocycles. The monoisotopic (exact) mass is 550 g/mol. The molecule has 218 valence electrons. The van der Waals surface area contributed by atoms with Gasteiger partial charge in [0.1, 0.15) is 31.2 Å². The number of esters is 1. The van der Waals surface area contributed by atoms with Crippen LogP contribution in [0.25, 0.3) is 0 Å². The van der Waals surface area contributed by atoms with E-state index in [1.54, 1.807) is 13.0 Å². The molecule has 0 bridgehead atoms. The maximum Gasteiger partial charge on any atom is 0.331 e. The first-order chi connectivity index (χ1) is 18.4. The summed E-state index contributed by atoms with van der Waals surface area (Å²) in [5, 5.41) is 54.6. The molecule has 39 heavy (non-hydrogen) atoms. The molecule has 2 heterocycles. The fraction of sp³-hybridized carbons (Fsp3) is 0.862. The summed E-state index contributed by atoms with van der Waals surface area (Å²) < 4.78 is 16.9. The Bertz CT molecular complexity index is 1030. The number of carbonyl (C=O) groups is 2. The summed E-state index contributed by atoms with van der Waals surface area (Å²) in [5.74, 6) is -1.10. The lowest BCUT2D eigenvalue weighted by Gasteiger charge is -2.64. The molecular formula is C29H42O10. The smallest absolute Gasteiger partial charge is 0.331 e. The summed E-state index contributed by atoms with van der Waals surface area (Å²) in [5.41, 5.74) is -1.59. The van der Waals surface area contributed by atoms with Gasteiger partial charge >= 0.3 is 5.97 Å². The van der Waals surface area contributed by atoms with Gasteiger partial charge in [0.05, 0.1) is 23.9 Å². The average Bonchev–Trinajstić information content (AvgIpc) is 3.45. The molecule has 0 aromatic rings. The van der Waals surface area contributed by atoms with Gasteiger partial charge < -0.3 is 44.5 Å². The van der Waals surface area contributed by atoms with Crippen molar-refractivity contribution >= 4 is 12.3 Å². The summed E-state index contributed by atoms with van der Waals surface area (Å²) in [6.07, 6.45) is 0.248. The number of cyclic esters (lactones) is 1. The van der Waals surface area contributed by atoms with E-state index in [1.165, 1.54) is 0 Å². The van der Waals surface area contributed by atoms with Crippen molar-refractivity contribution in [2.45, 2.75) is 114 Å². The number of hydrogen-bond acceptors (Lipinski definition) is 10. The number of fused-ring (bicyclic) bond motifs is 5. The zero-order valence-corrected chi connectivity index (χ0v) is 22.6. The summed E-state index contributed by atoms with van der Waals surface area (Å²) in [7, 11) is 0.